The number of aryl methyl sites for hydroxylation is 1. The number of halogens is 3. The summed E-state index contributed by atoms with van der Waals surface area (Å²) in [5, 5.41) is 11.5. The highest BCUT2D eigenvalue weighted by Gasteiger charge is 2.31. The summed E-state index contributed by atoms with van der Waals surface area (Å²) >= 11 is 2.13. The Balaban J connectivity index is 2.16. The first-order valence-corrected chi connectivity index (χ1v) is 10.2. The Morgan fingerprint density at radius 3 is 2.38 bits per heavy atom. The topological polar surface area (TPSA) is 92.7 Å². The van der Waals surface area contributed by atoms with Gasteiger partial charge in [-0.25, -0.2) is 0 Å². The lowest BCUT2D eigenvalue weighted by Crippen LogP contribution is -2.17. The zero-order chi connectivity index (χ0) is 21.6. The molecule has 2 rings (SSSR count). The number of thioether (sulfide) groups is 1. The number of carboxylic acids is 1. The van der Waals surface area contributed by atoms with E-state index in [-0.39, 0.29) is 22.6 Å². The molecule has 6 nitrogen and oxygen atoms in total. The maximum absolute atomic E-state index is 12.8. The Kier molecular flexibility index (Phi) is 7.68. The van der Waals surface area contributed by atoms with Crippen LogP contribution in [0.1, 0.15) is 27.7 Å². The number of anilines is 1. The van der Waals surface area contributed by atoms with Crippen LogP contribution in [0.15, 0.2) is 30.3 Å². The third kappa shape index (κ3) is 7.09. The number of carbonyl (C=O) groups excluding carboxylic acids is 2. The van der Waals surface area contributed by atoms with Crippen molar-refractivity contribution in [3.8, 4) is 5.75 Å². The Bertz CT molecular complexity index is 894. The lowest BCUT2D eigenvalue weighted by Gasteiger charge is -2.09. The Morgan fingerprint density at radius 2 is 1.83 bits per heavy atom. The number of thiophene rings is 1. The van der Waals surface area contributed by atoms with Gasteiger partial charge in [-0.15, -0.1) is 36.3 Å². The number of rotatable bonds is 9. The van der Waals surface area contributed by atoms with Crippen molar-refractivity contribution in [1.82, 2.24) is 0 Å². The van der Waals surface area contributed by atoms with Crippen molar-refractivity contribution in [2.45, 2.75) is 19.7 Å². The van der Waals surface area contributed by atoms with Gasteiger partial charge in [-0.05, 0) is 36.8 Å². The molecule has 0 saturated carbocycles. The van der Waals surface area contributed by atoms with Crippen LogP contribution in [0.5, 0.6) is 5.75 Å². The number of aliphatic carboxylic acids is 1. The van der Waals surface area contributed by atoms with Crippen molar-refractivity contribution >= 4 is 45.8 Å². The summed E-state index contributed by atoms with van der Waals surface area (Å²) in [7, 11) is 0. The van der Waals surface area contributed by atoms with E-state index < -0.39 is 29.8 Å². The molecule has 11 heteroatoms. The van der Waals surface area contributed by atoms with Crippen molar-refractivity contribution in [2.24, 2.45) is 0 Å². The first kappa shape index (κ1) is 22.8. The van der Waals surface area contributed by atoms with Gasteiger partial charge in [0.2, 0.25) is 5.91 Å². The molecule has 1 aromatic heterocycles. The van der Waals surface area contributed by atoms with Crippen molar-refractivity contribution < 1.29 is 37.4 Å². The maximum Gasteiger partial charge on any atom is 0.573 e. The summed E-state index contributed by atoms with van der Waals surface area (Å²) in [5.74, 6) is -2.73. The zero-order valence-electron chi connectivity index (χ0n) is 15.0. The molecule has 29 heavy (non-hydrogen) atoms. The van der Waals surface area contributed by atoms with E-state index in [0.29, 0.717) is 11.4 Å². The molecule has 0 bridgehead atoms. The first-order valence-electron chi connectivity index (χ1n) is 8.21. The van der Waals surface area contributed by atoms with Crippen molar-refractivity contribution in [2.75, 3.05) is 16.8 Å². The van der Waals surface area contributed by atoms with E-state index in [1.54, 1.807) is 6.07 Å². The number of nitrogens with one attached hydrogen (secondary N) is 1. The average Bonchev–Trinajstić information content (AvgIpc) is 3.03. The minimum atomic E-state index is -4.83. The first-order chi connectivity index (χ1) is 13.6. The molecule has 1 aromatic carbocycles. The van der Waals surface area contributed by atoms with Crippen LogP contribution in [-0.2, 0) is 16.0 Å². The van der Waals surface area contributed by atoms with Crippen LogP contribution in [-0.4, -0.2) is 40.6 Å². The molecule has 0 spiro atoms. The van der Waals surface area contributed by atoms with Gasteiger partial charge in [0, 0.05) is 10.4 Å². The molecule has 0 fully saturated rings. The predicted molar refractivity (Wildman–Crippen MR) is 104 cm³/mol. The van der Waals surface area contributed by atoms with E-state index >= 15 is 0 Å². The monoisotopic (exact) mass is 447 g/mol. The summed E-state index contributed by atoms with van der Waals surface area (Å²) in [6.45, 7) is 1.87. The molecule has 2 aromatic rings. The van der Waals surface area contributed by atoms with Gasteiger partial charge < -0.3 is 15.2 Å². The highest BCUT2D eigenvalue weighted by atomic mass is 32.2. The Hall–Kier alpha value is -2.53. The molecule has 0 atom stereocenters. The second-order valence-electron chi connectivity index (χ2n) is 5.65. The molecule has 0 radical (unpaired) electrons. The predicted octanol–water partition coefficient (Wildman–Crippen LogP) is 4.20. The number of benzene rings is 1. The minimum absolute atomic E-state index is 0.0945. The van der Waals surface area contributed by atoms with Crippen LogP contribution >= 0.6 is 23.1 Å². The van der Waals surface area contributed by atoms with E-state index in [1.807, 2.05) is 6.92 Å². The number of ether oxygens (including phenoxy) is 1. The third-order valence-electron chi connectivity index (χ3n) is 3.44. The summed E-state index contributed by atoms with van der Waals surface area (Å²) in [5.41, 5.74) is 0.351. The van der Waals surface area contributed by atoms with Crippen LogP contribution in [0.4, 0.5) is 18.2 Å². The molecular weight excluding hydrogens is 431 g/mol. The van der Waals surface area contributed by atoms with E-state index in [1.165, 1.54) is 23.5 Å². The molecule has 1 heterocycles. The van der Waals surface area contributed by atoms with Gasteiger partial charge in [-0.2, -0.15) is 0 Å². The van der Waals surface area contributed by atoms with Gasteiger partial charge in [-0.3, -0.25) is 14.4 Å². The summed E-state index contributed by atoms with van der Waals surface area (Å²) in [6.07, 6.45) is -4.21. The molecule has 0 saturated heterocycles. The summed E-state index contributed by atoms with van der Waals surface area (Å²) < 4.78 is 40.5. The standard InChI is InChI=1S/C18H16F3NO5S2/c1-2-12-7-13(17(29-12)22-14(23)8-28-9-15(24)25)16(26)10-3-5-11(6-4-10)27-18(19,20)21/h3-7H,2,8-9H2,1H3,(H,22,23)(H,24,25). The van der Waals surface area contributed by atoms with Gasteiger partial charge in [0.25, 0.3) is 0 Å². The summed E-state index contributed by atoms with van der Waals surface area (Å²) in [4.78, 5) is 36.2. The molecule has 0 aliphatic heterocycles. The van der Waals surface area contributed by atoms with Gasteiger partial charge >= 0.3 is 12.3 Å². The van der Waals surface area contributed by atoms with Gasteiger partial charge in [0.1, 0.15) is 10.8 Å². The lowest BCUT2D eigenvalue weighted by atomic mass is 10.0. The van der Waals surface area contributed by atoms with E-state index in [4.69, 9.17) is 5.11 Å². The fourth-order valence-electron chi connectivity index (χ4n) is 2.24. The number of ketones is 1. The number of alkyl halides is 3. The largest absolute Gasteiger partial charge is 0.573 e. The van der Waals surface area contributed by atoms with E-state index in [9.17, 15) is 27.6 Å². The number of hydrogen-bond acceptors (Lipinski definition) is 6. The third-order valence-corrected chi connectivity index (χ3v) is 5.55. The normalized spacial score (nSPS) is 11.2. The van der Waals surface area contributed by atoms with E-state index in [0.717, 1.165) is 28.8 Å². The SMILES string of the molecule is CCc1cc(C(=O)c2ccc(OC(F)(F)F)cc2)c(NC(=O)CSCC(=O)O)s1. The van der Waals surface area contributed by atoms with Crippen LogP contribution in [0.3, 0.4) is 0 Å². The van der Waals surface area contributed by atoms with E-state index in [2.05, 4.69) is 10.1 Å². The highest BCUT2D eigenvalue weighted by molar-refractivity contribution is 8.00. The fourth-order valence-corrected chi connectivity index (χ4v) is 3.78. The second-order valence-corrected chi connectivity index (χ2v) is 7.77. The molecule has 2 N–H and O–H groups in total. The van der Waals surface area contributed by atoms with Crippen LogP contribution in [0, 0.1) is 0 Å². The Morgan fingerprint density at radius 1 is 1.17 bits per heavy atom. The summed E-state index contributed by atoms with van der Waals surface area (Å²) in [6, 6.07) is 6.11. The van der Waals surface area contributed by atoms with Crippen molar-refractivity contribution in [3.63, 3.8) is 0 Å². The van der Waals surface area contributed by atoms with Crippen molar-refractivity contribution in [3.05, 3.63) is 46.3 Å². The van der Waals surface area contributed by atoms with Crippen molar-refractivity contribution in [1.29, 1.82) is 0 Å². The number of hydrogen-bond donors (Lipinski definition) is 2. The maximum atomic E-state index is 12.8. The molecule has 156 valence electrons. The lowest BCUT2D eigenvalue weighted by molar-refractivity contribution is -0.274. The molecule has 1 amide bonds. The quantitative estimate of drug-likeness (QED) is 0.560. The van der Waals surface area contributed by atoms with Crippen LogP contribution < -0.4 is 10.1 Å². The molecule has 0 aliphatic carbocycles. The molecule has 0 aliphatic rings. The zero-order valence-corrected chi connectivity index (χ0v) is 16.7. The van der Waals surface area contributed by atoms with Crippen LogP contribution in [0.2, 0.25) is 0 Å². The minimum Gasteiger partial charge on any atom is -0.481 e. The number of carbonyl (C=O) groups is 3. The average molecular weight is 447 g/mol. The Labute approximate surface area is 172 Å². The van der Waals surface area contributed by atoms with Gasteiger partial charge in [-0.1, -0.05) is 6.92 Å². The smallest absolute Gasteiger partial charge is 0.481 e. The highest BCUT2D eigenvalue weighted by Crippen LogP contribution is 2.31. The number of carboxylic acid groups (broad SMARTS) is 1. The molecule has 0 unspecified atom stereocenters. The van der Waals surface area contributed by atoms with Crippen LogP contribution in [0.25, 0.3) is 0 Å². The fraction of sp³-hybridized carbons (Fsp3) is 0.278. The van der Waals surface area contributed by atoms with Gasteiger partial charge in [0.05, 0.1) is 17.1 Å². The number of amides is 1. The molecular formula is C18H16F3NO5S2. The second kappa shape index (κ2) is 9.79. The van der Waals surface area contributed by atoms with Gasteiger partial charge in [0.15, 0.2) is 5.78 Å².